The molecule has 0 saturated heterocycles. The molecule has 3 amide bonds. The number of carbonyl (C=O) groups excluding carboxylic acids is 2. The third kappa shape index (κ3) is 5.83. The number of hydrogen-bond donors (Lipinski definition) is 3. The zero-order valence-corrected chi connectivity index (χ0v) is 15.2. The molecule has 7 heteroatoms. The minimum atomic E-state index is -0.707. The Bertz CT molecular complexity index is 772. The largest absolute Gasteiger partial charge is 0.341 e. The smallest absolute Gasteiger partial charge is 0.319 e. The molecule has 6 nitrogen and oxygen atoms in total. The molecule has 0 bridgehead atoms. The molecule has 0 aliphatic carbocycles. The number of nitrogens with zero attached hydrogens (tertiary/aromatic N) is 1. The van der Waals surface area contributed by atoms with E-state index in [1.165, 1.54) is 11.8 Å². The van der Waals surface area contributed by atoms with Gasteiger partial charge in [0, 0.05) is 11.4 Å². The van der Waals surface area contributed by atoms with Gasteiger partial charge >= 0.3 is 6.03 Å². The normalized spacial score (nSPS) is 11.1. The van der Waals surface area contributed by atoms with Crippen LogP contribution in [0.4, 0.5) is 10.5 Å². The summed E-state index contributed by atoms with van der Waals surface area (Å²) < 4.78 is 0. The Labute approximate surface area is 157 Å². The molecule has 0 aliphatic rings. The molecule has 0 radical (unpaired) electrons. The summed E-state index contributed by atoms with van der Waals surface area (Å²) in [5.41, 5.74) is 2.77. The van der Waals surface area contributed by atoms with Gasteiger partial charge in [-0.2, -0.15) is 17.0 Å². The predicted octanol–water partition coefficient (Wildman–Crippen LogP) is 2.85. The number of carbonyl (C=O) groups is 2. The number of rotatable bonds is 7. The van der Waals surface area contributed by atoms with Gasteiger partial charge in [-0.05, 0) is 29.5 Å². The first-order valence-corrected chi connectivity index (χ1v) is 9.40. The summed E-state index contributed by atoms with van der Waals surface area (Å²) in [6, 6.07) is 18.1. The highest BCUT2D eigenvalue weighted by Gasteiger charge is 2.19. The van der Waals surface area contributed by atoms with Gasteiger partial charge in [0.1, 0.15) is 12.6 Å². The zero-order valence-electron chi connectivity index (χ0n) is 14.4. The quantitative estimate of drug-likeness (QED) is 0.655. The van der Waals surface area contributed by atoms with Crippen LogP contribution in [0.2, 0.25) is 0 Å². The minimum absolute atomic E-state index is 0.0893. The van der Waals surface area contributed by atoms with Crippen LogP contribution in [0.5, 0.6) is 0 Å². The van der Waals surface area contributed by atoms with Gasteiger partial charge in [0.2, 0.25) is 5.91 Å². The van der Waals surface area contributed by atoms with E-state index in [9.17, 15) is 9.59 Å². The number of nitriles is 1. The number of hydrogen-bond acceptors (Lipinski definition) is 4. The minimum Gasteiger partial charge on any atom is -0.341 e. The van der Waals surface area contributed by atoms with Crippen molar-refractivity contribution in [3.63, 3.8) is 0 Å². The van der Waals surface area contributed by atoms with E-state index in [0.29, 0.717) is 11.4 Å². The van der Waals surface area contributed by atoms with E-state index in [1.807, 2.05) is 54.8 Å². The summed E-state index contributed by atoms with van der Waals surface area (Å²) in [5.74, 6) is 0.0351. The first kappa shape index (κ1) is 19.3. The average molecular weight is 368 g/mol. The Morgan fingerprint density at radius 2 is 1.73 bits per heavy atom. The third-order valence-electron chi connectivity index (χ3n) is 3.55. The van der Waals surface area contributed by atoms with Crippen LogP contribution in [0.1, 0.15) is 0 Å². The van der Waals surface area contributed by atoms with E-state index in [2.05, 4.69) is 16.0 Å². The summed E-state index contributed by atoms with van der Waals surface area (Å²) in [7, 11) is 0. The van der Waals surface area contributed by atoms with E-state index >= 15 is 0 Å². The molecular weight excluding hydrogens is 348 g/mol. The Morgan fingerprint density at radius 1 is 1.08 bits per heavy atom. The van der Waals surface area contributed by atoms with E-state index < -0.39 is 12.1 Å². The van der Waals surface area contributed by atoms with Crippen LogP contribution in [-0.2, 0) is 4.79 Å². The Hall–Kier alpha value is -2.98. The van der Waals surface area contributed by atoms with Crippen molar-refractivity contribution in [3.8, 4) is 17.2 Å². The fraction of sp³-hybridized carbons (Fsp3) is 0.211. The molecule has 1 atom stereocenters. The molecule has 0 aliphatic heterocycles. The molecule has 0 spiro atoms. The van der Waals surface area contributed by atoms with Crippen molar-refractivity contribution < 1.29 is 9.59 Å². The maximum atomic E-state index is 12.2. The fourth-order valence-electron chi connectivity index (χ4n) is 2.30. The lowest BCUT2D eigenvalue weighted by Gasteiger charge is -2.17. The van der Waals surface area contributed by atoms with Gasteiger partial charge in [-0.15, -0.1) is 0 Å². The lowest BCUT2D eigenvalue weighted by Crippen LogP contribution is -2.49. The molecule has 26 heavy (non-hydrogen) atoms. The van der Waals surface area contributed by atoms with Crippen LogP contribution < -0.4 is 16.0 Å². The van der Waals surface area contributed by atoms with Crippen molar-refractivity contribution in [2.45, 2.75) is 6.04 Å². The van der Waals surface area contributed by atoms with Crippen molar-refractivity contribution in [1.82, 2.24) is 10.6 Å². The molecule has 0 aromatic heterocycles. The molecular formula is C19H20N4O2S. The number of benzene rings is 2. The summed E-state index contributed by atoms with van der Waals surface area (Å²) in [5, 5.41) is 16.3. The summed E-state index contributed by atoms with van der Waals surface area (Å²) in [4.78, 5) is 24.1. The van der Waals surface area contributed by atoms with Gasteiger partial charge in [0.25, 0.3) is 0 Å². The molecule has 134 valence electrons. The van der Waals surface area contributed by atoms with Crippen molar-refractivity contribution in [3.05, 3.63) is 54.6 Å². The molecule has 0 fully saturated rings. The van der Waals surface area contributed by atoms with Gasteiger partial charge in [-0.3, -0.25) is 4.79 Å². The number of anilines is 1. The van der Waals surface area contributed by atoms with Gasteiger partial charge in [0.15, 0.2) is 0 Å². The van der Waals surface area contributed by atoms with E-state index in [-0.39, 0.29) is 12.5 Å². The highest BCUT2D eigenvalue weighted by molar-refractivity contribution is 7.98. The predicted molar refractivity (Wildman–Crippen MR) is 105 cm³/mol. The lowest BCUT2D eigenvalue weighted by molar-refractivity contribution is -0.122. The van der Waals surface area contributed by atoms with Gasteiger partial charge in [0.05, 0.1) is 6.07 Å². The van der Waals surface area contributed by atoms with Crippen molar-refractivity contribution in [2.75, 3.05) is 23.9 Å². The van der Waals surface area contributed by atoms with Gasteiger partial charge in [-0.1, -0.05) is 42.5 Å². The second-order valence-electron chi connectivity index (χ2n) is 5.43. The van der Waals surface area contributed by atoms with Crippen LogP contribution in [0.15, 0.2) is 54.6 Å². The Kier molecular flexibility index (Phi) is 7.52. The molecule has 2 aromatic carbocycles. The second kappa shape index (κ2) is 10.1. The molecule has 2 aromatic rings. The van der Waals surface area contributed by atoms with Crippen LogP contribution in [0, 0.1) is 11.3 Å². The van der Waals surface area contributed by atoms with Crippen LogP contribution in [-0.4, -0.2) is 36.5 Å². The van der Waals surface area contributed by atoms with Gasteiger partial charge < -0.3 is 16.0 Å². The molecule has 0 saturated carbocycles. The third-order valence-corrected chi connectivity index (χ3v) is 4.21. The number of nitrogens with one attached hydrogen (secondary N) is 3. The van der Waals surface area contributed by atoms with Crippen molar-refractivity contribution in [2.24, 2.45) is 0 Å². The van der Waals surface area contributed by atoms with E-state index in [1.54, 1.807) is 12.1 Å². The highest BCUT2D eigenvalue weighted by Crippen LogP contribution is 2.20. The first-order valence-electron chi connectivity index (χ1n) is 8.00. The van der Waals surface area contributed by atoms with Crippen LogP contribution in [0.25, 0.3) is 11.1 Å². The molecule has 1 unspecified atom stereocenters. The summed E-state index contributed by atoms with van der Waals surface area (Å²) in [6.45, 7) is -0.0893. The maximum absolute atomic E-state index is 12.2. The maximum Gasteiger partial charge on any atom is 0.319 e. The Balaban J connectivity index is 1.95. The second-order valence-corrected chi connectivity index (χ2v) is 6.34. The summed E-state index contributed by atoms with van der Waals surface area (Å²) >= 11 is 1.43. The highest BCUT2D eigenvalue weighted by atomic mass is 32.2. The topological polar surface area (TPSA) is 94.0 Å². The SMILES string of the molecule is CSCC(NC(=O)Nc1ccc(-c2ccccc2)cc1)C(=O)NCC#N. The average Bonchev–Trinajstić information content (AvgIpc) is 2.67. The monoisotopic (exact) mass is 368 g/mol. The van der Waals surface area contributed by atoms with E-state index in [4.69, 9.17) is 5.26 Å². The lowest BCUT2D eigenvalue weighted by atomic mass is 10.1. The number of thioether (sulfide) groups is 1. The Morgan fingerprint density at radius 3 is 2.35 bits per heavy atom. The van der Waals surface area contributed by atoms with Crippen LogP contribution >= 0.6 is 11.8 Å². The zero-order chi connectivity index (χ0) is 18.8. The van der Waals surface area contributed by atoms with E-state index in [0.717, 1.165) is 11.1 Å². The summed E-state index contributed by atoms with van der Waals surface area (Å²) in [6.07, 6.45) is 1.84. The standard InChI is InChI=1S/C19H20N4O2S/c1-26-13-17(18(24)21-12-11-20)23-19(25)22-16-9-7-15(8-10-16)14-5-3-2-4-6-14/h2-10,17H,12-13H2,1H3,(H,21,24)(H2,22,23,25). The molecule has 3 N–H and O–H groups in total. The van der Waals surface area contributed by atoms with Crippen molar-refractivity contribution >= 4 is 29.4 Å². The first-order chi connectivity index (χ1) is 12.6. The van der Waals surface area contributed by atoms with Gasteiger partial charge in [-0.25, -0.2) is 4.79 Å². The fourth-order valence-corrected chi connectivity index (χ4v) is 2.87. The number of amides is 3. The molecule has 2 rings (SSSR count). The number of urea groups is 1. The molecule has 0 heterocycles. The van der Waals surface area contributed by atoms with Crippen LogP contribution in [0.3, 0.4) is 0 Å². The van der Waals surface area contributed by atoms with Crippen molar-refractivity contribution in [1.29, 1.82) is 5.26 Å².